The number of carbonyl (C=O) groups excluding carboxylic acids is 2. The van der Waals surface area contributed by atoms with Gasteiger partial charge in [-0.3, -0.25) is 19.7 Å². The molecule has 2 bridgehead atoms. The number of fused-ring (bicyclic) bond motifs is 4. The number of aryl methyl sites for hydroxylation is 1. The lowest BCUT2D eigenvalue weighted by molar-refractivity contribution is -0.142. The van der Waals surface area contributed by atoms with Gasteiger partial charge in [0, 0.05) is 85.1 Å². The molecule has 3 fully saturated rings. The van der Waals surface area contributed by atoms with Crippen molar-refractivity contribution in [3.8, 4) is 45.3 Å². The third kappa shape index (κ3) is 10.8. The Morgan fingerprint density at radius 3 is 2.38 bits per heavy atom. The van der Waals surface area contributed by atoms with Crippen LogP contribution in [0, 0.1) is 25.6 Å². The van der Waals surface area contributed by atoms with Crippen molar-refractivity contribution in [3.63, 3.8) is 0 Å². The van der Waals surface area contributed by atoms with Gasteiger partial charge in [-0.15, -0.1) is 5.10 Å². The summed E-state index contributed by atoms with van der Waals surface area (Å²) in [4.78, 5) is 45.6. The molecule has 7 atom stereocenters. The zero-order valence-corrected chi connectivity index (χ0v) is 45.9. The number of ether oxygens (including phenoxy) is 3. The van der Waals surface area contributed by atoms with E-state index in [-0.39, 0.29) is 101 Å². The van der Waals surface area contributed by atoms with Gasteiger partial charge in [-0.1, -0.05) is 67.6 Å². The van der Waals surface area contributed by atoms with Crippen LogP contribution in [0.4, 0.5) is 23.4 Å². The second kappa shape index (κ2) is 22.7. The predicted octanol–water partition coefficient (Wildman–Crippen LogP) is 7.82. The minimum Gasteiger partial charge on any atom is -0.486 e. The molecule has 7 heterocycles. The van der Waals surface area contributed by atoms with E-state index in [1.165, 1.54) is 35.9 Å². The van der Waals surface area contributed by atoms with Gasteiger partial charge >= 0.3 is 12.2 Å². The molecule has 0 saturated carbocycles. The van der Waals surface area contributed by atoms with Gasteiger partial charge in [0.25, 0.3) is 0 Å². The number of methoxy groups -OCH3 is 1. The number of rotatable bonds is 18. The van der Waals surface area contributed by atoms with E-state index in [9.17, 15) is 19.8 Å². The fourth-order valence-electron chi connectivity index (χ4n) is 11.5. The second-order valence-electron chi connectivity index (χ2n) is 21.8. The number of aromatic amines is 1. The SMILES string of the molecule is CO[C@@H](C)COc1nc(N2C[C@@H]3C[C@H]2CN3)c2cc(C(F)(F)F)c(-c3c(C)c(F)cc4[nH]ncc34)c(OCc3ccc(-c4cn([C@H](C(=O)N5C[C@H](O)C[C@H]5C(=O)N[C@@H](CO)c5ccc(-c6ccncc6C)cc5)C(C)C)nn4)cc3)c2n1. The van der Waals surface area contributed by atoms with Gasteiger partial charge < -0.3 is 44.9 Å². The minimum absolute atomic E-state index is 0.0146. The van der Waals surface area contributed by atoms with E-state index in [1.54, 1.807) is 49.8 Å². The normalized spacial score (nSPS) is 19.1. The highest BCUT2D eigenvalue weighted by molar-refractivity contribution is 6.06. The first-order valence-corrected chi connectivity index (χ1v) is 27.2. The number of aromatic nitrogens is 8. The number of pyridine rings is 1. The molecule has 2 amide bonds. The first kappa shape index (κ1) is 55.8. The maximum Gasteiger partial charge on any atom is 0.417 e. The Labute approximate surface area is 469 Å². The summed E-state index contributed by atoms with van der Waals surface area (Å²) in [7, 11) is 1.52. The summed E-state index contributed by atoms with van der Waals surface area (Å²) in [5.41, 5.74) is 3.66. The number of hydrogen-bond donors (Lipinski definition) is 5. The number of piperazine rings is 1. The zero-order valence-electron chi connectivity index (χ0n) is 45.9. The van der Waals surface area contributed by atoms with Crippen molar-refractivity contribution in [1.82, 2.24) is 55.7 Å². The van der Waals surface area contributed by atoms with E-state index >= 15 is 17.6 Å². The van der Waals surface area contributed by atoms with E-state index in [2.05, 4.69) is 36.1 Å². The van der Waals surface area contributed by atoms with Crippen LogP contribution < -0.4 is 25.0 Å². The molecule has 4 aromatic heterocycles. The first-order chi connectivity index (χ1) is 39.4. The average molecular weight is 1130 g/mol. The summed E-state index contributed by atoms with van der Waals surface area (Å²) in [6, 6.07) is 15.6. The molecule has 11 rings (SSSR count). The summed E-state index contributed by atoms with van der Waals surface area (Å²) in [6.45, 7) is 9.17. The Morgan fingerprint density at radius 1 is 0.927 bits per heavy atom. The third-order valence-electron chi connectivity index (χ3n) is 15.9. The molecule has 3 aliphatic rings. The molecular formula is C59H62F4N12O7. The highest BCUT2D eigenvalue weighted by Gasteiger charge is 2.45. The number of likely N-dealkylation sites (tertiary alicyclic amines) is 1. The fourth-order valence-corrected chi connectivity index (χ4v) is 11.5. The number of aliphatic hydroxyl groups excluding tert-OH is 2. The number of halogens is 4. The topological polar surface area (TPSA) is 231 Å². The average Bonchev–Trinajstić information content (AvgIpc) is 4.51. The Hall–Kier alpha value is -8.12. The number of nitrogens with one attached hydrogen (secondary N) is 3. The molecule has 82 heavy (non-hydrogen) atoms. The molecule has 0 radical (unpaired) electrons. The monoisotopic (exact) mass is 1130 g/mol. The van der Waals surface area contributed by atoms with Crippen LogP contribution in [0.1, 0.15) is 73.5 Å². The zero-order chi connectivity index (χ0) is 57.7. The molecule has 428 valence electrons. The molecule has 0 spiro atoms. The number of amides is 2. The number of nitrogens with zero attached hydrogens (tertiary/aromatic N) is 9. The van der Waals surface area contributed by atoms with Gasteiger partial charge in [0.15, 0.2) is 5.75 Å². The van der Waals surface area contributed by atoms with Crippen LogP contribution in [-0.4, -0.2) is 137 Å². The van der Waals surface area contributed by atoms with E-state index in [1.807, 2.05) is 56.0 Å². The van der Waals surface area contributed by atoms with E-state index in [0.29, 0.717) is 35.5 Å². The number of anilines is 1. The van der Waals surface area contributed by atoms with Gasteiger partial charge in [-0.2, -0.15) is 28.2 Å². The fraction of sp³-hybridized carbons (Fsp3) is 0.390. The molecule has 5 N–H and O–H groups in total. The van der Waals surface area contributed by atoms with Crippen LogP contribution in [0.3, 0.4) is 0 Å². The molecule has 8 aromatic rings. The predicted molar refractivity (Wildman–Crippen MR) is 296 cm³/mol. The van der Waals surface area contributed by atoms with Gasteiger partial charge in [-0.05, 0) is 84.7 Å². The molecule has 23 heteroatoms. The summed E-state index contributed by atoms with van der Waals surface area (Å²) in [5, 5.41) is 43.5. The van der Waals surface area contributed by atoms with Crippen LogP contribution in [0.5, 0.6) is 11.8 Å². The Balaban J connectivity index is 0.878. The Bertz CT molecular complexity index is 3670. The Kier molecular flexibility index (Phi) is 15.4. The number of hydrogen-bond acceptors (Lipinski definition) is 15. The van der Waals surface area contributed by atoms with Crippen molar-refractivity contribution < 1.29 is 51.6 Å². The van der Waals surface area contributed by atoms with Crippen LogP contribution in [-0.2, 0) is 27.1 Å². The van der Waals surface area contributed by atoms with E-state index < -0.39 is 65.8 Å². The van der Waals surface area contributed by atoms with E-state index in [4.69, 9.17) is 24.2 Å². The number of H-pyrrole nitrogens is 1. The lowest BCUT2D eigenvalue weighted by Gasteiger charge is -2.30. The van der Waals surface area contributed by atoms with Crippen LogP contribution in [0.2, 0.25) is 0 Å². The number of carbonyl (C=O) groups is 2. The summed E-state index contributed by atoms with van der Waals surface area (Å²) < 4.78 is 83.0. The number of aliphatic hydroxyl groups is 2. The van der Waals surface area contributed by atoms with Crippen LogP contribution >= 0.6 is 0 Å². The summed E-state index contributed by atoms with van der Waals surface area (Å²) in [6.07, 6.45) is 0.863. The minimum atomic E-state index is -4.98. The maximum atomic E-state index is 15.9. The molecular weight excluding hydrogens is 1060 g/mol. The lowest BCUT2D eigenvalue weighted by Crippen LogP contribution is -2.50. The third-order valence-corrected chi connectivity index (χ3v) is 15.9. The van der Waals surface area contributed by atoms with Crippen molar-refractivity contribution in [2.75, 3.05) is 44.9 Å². The number of alkyl halides is 3. The molecule has 19 nitrogen and oxygen atoms in total. The standard InChI is InChI=1S/C59H62F4N12O7/c1-30(2)53(57(79)74-25-40(77)18-49(74)56(78)67-48(27-76)37-13-11-35(12-14-37)41-15-16-64-21-31(41)3)75-26-47(71-72-75)36-9-7-34(8-10-36)29-81-54-51(50-33(5)45(60)20-46-43(50)23-66-70-46)44(59(61,62)63)19-42-52(54)68-58(82-28-32(4)80-6)69-55(42)73-24-38-17-39(73)22-65-38/h7-16,19-21,23,26,30,32,38-40,48-49,53,65,76-77H,17-18,22,24-25,27-29H2,1-6H3,(H,66,70)(H,67,78)/t32-,38-,39-,40+,48-,49-,53-/m0/s1. The van der Waals surface area contributed by atoms with Gasteiger partial charge in [0.1, 0.15) is 48.1 Å². The van der Waals surface area contributed by atoms with Crippen molar-refractivity contribution in [3.05, 3.63) is 125 Å². The van der Waals surface area contributed by atoms with Gasteiger partial charge in [0.2, 0.25) is 11.8 Å². The number of β-amino-alcohol motifs (C(OH)–C–C–N with tert-alkyl or cyclic N) is 1. The molecule has 3 saturated heterocycles. The Morgan fingerprint density at radius 2 is 1.70 bits per heavy atom. The molecule has 0 aliphatic carbocycles. The van der Waals surface area contributed by atoms with Crippen molar-refractivity contribution in [2.45, 2.75) is 103 Å². The second-order valence-corrected chi connectivity index (χ2v) is 21.8. The van der Waals surface area contributed by atoms with Crippen molar-refractivity contribution >= 4 is 39.4 Å². The quantitative estimate of drug-likeness (QED) is 0.0516. The largest absolute Gasteiger partial charge is 0.486 e. The maximum absolute atomic E-state index is 15.9. The van der Waals surface area contributed by atoms with Crippen LogP contribution in [0.15, 0.2) is 91.5 Å². The van der Waals surface area contributed by atoms with Crippen LogP contribution in [0.25, 0.3) is 55.3 Å². The van der Waals surface area contributed by atoms with Gasteiger partial charge in [0.05, 0.1) is 48.3 Å². The number of benzene rings is 4. The summed E-state index contributed by atoms with van der Waals surface area (Å²) in [5.74, 6) is -2.12. The highest BCUT2D eigenvalue weighted by Crippen LogP contribution is 2.51. The van der Waals surface area contributed by atoms with Gasteiger partial charge in [-0.25, -0.2) is 9.07 Å². The highest BCUT2D eigenvalue weighted by atomic mass is 19.4. The van der Waals surface area contributed by atoms with Crippen molar-refractivity contribution in [1.29, 1.82) is 0 Å². The molecule has 3 aliphatic heterocycles. The lowest BCUT2D eigenvalue weighted by atomic mass is 9.90. The first-order valence-electron chi connectivity index (χ1n) is 27.2. The van der Waals surface area contributed by atoms with E-state index in [0.717, 1.165) is 29.2 Å². The molecule has 0 unspecified atom stereocenters. The smallest absolute Gasteiger partial charge is 0.417 e. The van der Waals surface area contributed by atoms with Crippen molar-refractivity contribution in [2.24, 2.45) is 5.92 Å². The summed E-state index contributed by atoms with van der Waals surface area (Å²) >= 11 is 0. The molecule has 4 aromatic carbocycles.